The monoisotopic (exact) mass is 724 g/mol. The van der Waals surface area contributed by atoms with Gasteiger partial charge >= 0.3 is 12.1 Å². The molecule has 3 amide bonds. The smallest absolute Gasteiger partial charge is 0.407 e. The van der Waals surface area contributed by atoms with Crippen molar-refractivity contribution in [2.75, 3.05) is 31.7 Å². The summed E-state index contributed by atoms with van der Waals surface area (Å²) < 4.78 is 32.4. The van der Waals surface area contributed by atoms with Crippen LogP contribution in [0.2, 0.25) is 0 Å². The third-order valence-corrected chi connectivity index (χ3v) is 11.8. The van der Waals surface area contributed by atoms with Gasteiger partial charge in [-0.3, -0.25) is 9.59 Å². The van der Waals surface area contributed by atoms with Gasteiger partial charge in [0.05, 0.1) is 12.1 Å². The number of likely N-dealkylation sites (tertiary alicyclic amines) is 1. The highest BCUT2D eigenvalue weighted by Gasteiger charge is 2.47. The lowest BCUT2D eigenvalue weighted by Gasteiger charge is -2.37. The number of aryl methyl sites for hydroxylation is 1. The number of esters is 1. The Morgan fingerprint density at radius 2 is 1.71 bits per heavy atom. The van der Waals surface area contributed by atoms with Crippen LogP contribution in [0.1, 0.15) is 108 Å². The SMILES string of the molecule is Cn1c(C(=O)OCC2CCCO2)cc2cc(NC(=O)[C@H]3[C@H](C4CCCCC4)CCN3C(=O)C3CCC([C@@H](CF)NC(=O)OC(C)(C)C)CC3)ccc21. The molecule has 3 heterocycles. The van der Waals surface area contributed by atoms with Crippen molar-refractivity contribution < 1.29 is 37.8 Å². The molecule has 1 aromatic carbocycles. The zero-order valence-corrected chi connectivity index (χ0v) is 31.3. The van der Waals surface area contributed by atoms with Gasteiger partial charge in [-0.2, -0.15) is 0 Å². The van der Waals surface area contributed by atoms with E-state index in [9.17, 15) is 23.6 Å². The molecule has 0 radical (unpaired) electrons. The van der Waals surface area contributed by atoms with Crippen LogP contribution in [-0.4, -0.2) is 83.6 Å². The second-order valence-electron chi connectivity index (χ2n) is 16.4. The summed E-state index contributed by atoms with van der Waals surface area (Å²) in [6.07, 6.45) is 9.96. The molecule has 2 aromatic rings. The summed E-state index contributed by atoms with van der Waals surface area (Å²) in [7, 11) is 1.82. The van der Waals surface area contributed by atoms with Gasteiger partial charge in [-0.15, -0.1) is 0 Å². The zero-order chi connectivity index (χ0) is 37.0. The first-order valence-corrected chi connectivity index (χ1v) is 19.5. The molecule has 2 aliphatic heterocycles. The molecule has 11 nitrogen and oxygen atoms in total. The fraction of sp³-hybridized carbons (Fsp3) is 0.700. The minimum absolute atomic E-state index is 0.00141. The van der Waals surface area contributed by atoms with Gasteiger partial charge < -0.3 is 34.3 Å². The molecule has 4 fully saturated rings. The van der Waals surface area contributed by atoms with Crippen molar-refractivity contribution in [2.24, 2.45) is 30.7 Å². The molecule has 2 saturated carbocycles. The van der Waals surface area contributed by atoms with Crippen molar-refractivity contribution in [3.63, 3.8) is 0 Å². The van der Waals surface area contributed by atoms with E-state index < -0.39 is 36.4 Å². The molecule has 4 aliphatic rings. The number of fused-ring (bicyclic) bond motifs is 1. The minimum Gasteiger partial charge on any atom is -0.458 e. The van der Waals surface area contributed by atoms with Crippen LogP contribution in [-0.2, 0) is 30.8 Å². The second kappa shape index (κ2) is 16.6. The summed E-state index contributed by atoms with van der Waals surface area (Å²) in [5.74, 6) is -0.464. The maximum atomic E-state index is 14.3. The van der Waals surface area contributed by atoms with E-state index in [4.69, 9.17) is 14.2 Å². The number of anilines is 1. The Hall–Kier alpha value is -3.67. The average molecular weight is 725 g/mol. The quantitative estimate of drug-likeness (QED) is 0.255. The highest BCUT2D eigenvalue weighted by atomic mass is 19.1. The van der Waals surface area contributed by atoms with Gasteiger partial charge in [0.1, 0.15) is 30.6 Å². The van der Waals surface area contributed by atoms with Crippen LogP contribution in [0.25, 0.3) is 10.9 Å². The summed E-state index contributed by atoms with van der Waals surface area (Å²) in [5, 5.41) is 6.65. The van der Waals surface area contributed by atoms with Crippen molar-refractivity contribution in [3.8, 4) is 0 Å². The molecule has 52 heavy (non-hydrogen) atoms. The number of rotatable bonds is 10. The van der Waals surface area contributed by atoms with Crippen LogP contribution in [0.5, 0.6) is 0 Å². The minimum atomic E-state index is -0.698. The average Bonchev–Trinajstić information content (AvgIpc) is 3.88. The molecule has 12 heteroatoms. The molecule has 0 bridgehead atoms. The predicted molar refractivity (Wildman–Crippen MR) is 196 cm³/mol. The molecular formula is C40H57FN4O7. The molecule has 1 aromatic heterocycles. The first kappa shape index (κ1) is 38.1. The van der Waals surface area contributed by atoms with E-state index in [0.717, 1.165) is 55.8 Å². The lowest BCUT2D eigenvalue weighted by molar-refractivity contribution is -0.142. The Morgan fingerprint density at radius 3 is 2.38 bits per heavy atom. The number of amides is 3. The highest BCUT2D eigenvalue weighted by molar-refractivity contribution is 6.01. The Bertz CT molecular complexity index is 1580. The van der Waals surface area contributed by atoms with E-state index in [2.05, 4.69) is 10.6 Å². The van der Waals surface area contributed by atoms with Crippen molar-refractivity contribution >= 4 is 40.5 Å². The number of carbonyl (C=O) groups is 4. The maximum Gasteiger partial charge on any atom is 0.407 e. The standard InChI is InChI=1S/C40H57FN4O7/c1-40(2,3)52-39(49)43-32(23-41)26-12-14-27(15-13-26)37(47)45-19-18-31(25-9-6-5-7-10-25)35(45)36(46)42-29-16-17-33-28(21-29)22-34(44(33)4)38(48)51-24-30-11-8-20-50-30/h16-17,21-22,25-27,30-32,35H,5-15,18-20,23-24H2,1-4H3,(H,42,46)(H,43,49)/t26?,27?,30?,31-,32+,35+/m0/s1. The van der Waals surface area contributed by atoms with Crippen LogP contribution >= 0.6 is 0 Å². The number of hydrogen-bond donors (Lipinski definition) is 2. The molecule has 0 spiro atoms. The third-order valence-electron chi connectivity index (χ3n) is 11.8. The van der Waals surface area contributed by atoms with Gasteiger partial charge in [0.2, 0.25) is 11.8 Å². The molecular weight excluding hydrogens is 667 g/mol. The number of hydrogen-bond acceptors (Lipinski definition) is 7. The van der Waals surface area contributed by atoms with Crippen LogP contribution in [0.4, 0.5) is 14.9 Å². The Morgan fingerprint density at radius 1 is 0.962 bits per heavy atom. The molecule has 4 atom stereocenters. The largest absolute Gasteiger partial charge is 0.458 e. The highest BCUT2D eigenvalue weighted by Crippen LogP contribution is 2.41. The van der Waals surface area contributed by atoms with Crippen molar-refractivity contribution in [2.45, 2.75) is 122 Å². The predicted octanol–water partition coefficient (Wildman–Crippen LogP) is 6.92. The van der Waals surface area contributed by atoms with E-state index >= 15 is 0 Å². The molecule has 2 aliphatic carbocycles. The van der Waals surface area contributed by atoms with Gasteiger partial charge in [-0.05, 0) is 108 Å². The third kappa shape index (κ3) is 8.92. The molecule has 2 saturated heterocycles. The number of alkyl halides is 1. The van der Waals surface area contributed by atoms with Crippen LogP contribution in [0, 0.1) is 23.7 Å². The maximum absolute atomic E-state index is 14.3. The van der Waals surface area contributed by atoms with E-state index in [0.29, 0.717) is 56.1 Å². The first-order valence-electron chi connectivity index (χ1n) is 19.5. The number of nitrogens with zero attached hydrogens (tertiary/aromatic N) is 2. The van der Waals surface area contributed by atoms with Gasteiger partial charge in [0.15, 0.2) is 0 Å². The van der Waals surface area contributed by atoms with Crippen molar-refractivity contribution in [3.05, 3.63) is 30.0 Å². The Labute approximate surface area is 306 Å². The van der Waals surface area contributed by atoms with E-state index in [-0.39, 0.29) is 42.3 Å². The number of ether oxygens (including phenoxy) is 3. The van der Waals surface area contributed by atoms with E-state index in [1.807, 2.05) is 30.1 Å². The summed E-state index contributed by atoms with van der Waals surface area (Å²) in [6.45, 7) is 6.07. The molecule has 6 rings (SSSR count). The van der Waals surface area contributed by atoms with E-state index in [1.165, 1.54) is 6.42 Å². The fourth-order valence-electron chi connectivity index (χ4n) is 9.06. The van der Waals surface area contributed by atoms with Crippen molar-refractivity contribution in [1.82, 2.24) is 14.8 Å². The van der Waals surface area contributed by atoms with Crippen molar-refractivity contribution in [1.29, 1.82) is 0 Å². The Kier molecular flexibility index (Phi) is 12.1. The van der Waals surface area contributed by atoms with Crippen LogP contribution in [0.3, 0.4) is 0 Å². The normalized spacial score (nSPS) is 26.2. The number of carbonyl (C=O) groups excluding carboxylic acids is 4. The zero-order valence-electron chi connectivity index (χ0n) is 31.3. The lowest BCUT2D eigenvalue weighted by atomic mass is 9.76. The van der Waals surface area contributed by atoms with Gasteiger partial charge in [-0.25, -0.2) is 14.0 Å². The summed E-state index contributed by atoms with van der Waals surface area (Å²) in [6, 6.07) is 6.14. The summed E-state index contributed by atoms with van der Waals surface area (Å²) in [5.41, 5.74) is 1.20. The van der Waals surface area contributed by atoms with E-state index in [1.54, 1.807) is 31.4 Å². The number of alkyl carbamates (subject to hydrolysis) is 1. The summed E-state index contributed by atoms with van der Waals surface area (Å²) >= 11 is 0. The van der Waals surface area contributed by atoms with Crippen LogP contribution in [0.15, 0.2) is 24.3 Å². The second-order valence-corrected chi connectivity index (χ2v) is 16.4. The van der Waals surface area contributed by atoms with Gasteiger partial charge in [0.25, 0.3) is 0 Å². The Balaban J connectivity index is 1.13. The number of benzene rings is 1. The number of halogens is 1. The molecule has 286 valence electrons. The van der Waals surface area contributed by atoms with Gasteiger partial charge in [0, 0.05) is 42.7 Å². The number of aromatic nitrogens is 1. The lowest BCUT2D eigenvalue weighted by Crippen LogP contribution is -2.50. The molecule has 1 unspecified atom stereocenters. The first-order chi connectivity index (χ1) is 24.9. The topological polar surface area (TPSA) is 128 Å². The molecule has 2 N–H and O–H groups in total. The van der Waals surface area contributed by atoms with Crippen LogP contribution < -0.4 is 10.6 Å². The fourth-order valence-corrected chi connectivity index (χ4v) is 9.06. The van der Waals surface area contributed by atoms with Gasteiger partial charge in [-0.1, -0.05) is 32.1 Å². The summed E-state index contributed by atoms with van der Waals surface area (Å²) in [4.78, 5) is 55.6. The number of nitrogens with one attached hydrogen (secondary N) is 2.